The summed E-state index contributed by atoms with van der Waals surface area (Å²) < 4.78 is 4.94. The number of ketones is 2. The summed E-state index contributed by atoms with van der Waals surface area (Å²) in [5, 5.41) is 8.06. The summed E-state index contributed by atoms with van der Waals surface area (Å²) in [5.41, 5.74) is 1.32. The standard InChI is InChI=1S/C7H8.C6H14.2C4H8O.C3H8O.C3H6O/c1-7-5-3-2-4-6-7;1-3-5-6-4-2;1-2-4-5-3-1;1-3-4(2)5;2*1-3(2)4/h2-6H,1H3;3-6H2,1-2H3;1-4H2;3H2,1-2H3;3-4H,1-2H3;1-2H3. The second-order valence-electron chi connectivity index (χ2n) is 7.74. The second-order valence-corrected chi connectivity index (χ2v) is 7.74. The first-order valence-corrected chi connectivity index (χ1v) is 11.8. The molecule has 4 nitrogen and oxygen atoms in total. The zero-order chi connectivity index (χ0) is 24.9. The highest BCUT2D eigenvalue weighted by molar-refractivity contribution is 5.74. The number of aliphatic hydroxyl groups excluding tert-OH is 1. The number of carbonyl (C=O) groups excluding carboxylic acids is 2. The minimum absolute atomic E-state index is 0.167. The Hall–Kier alpha value is -1.52. The molecule has 1 aliphatic heterocycles. The Labute approximate surface area is 193 Å². The van der Waals surface area contributed by atoms with Gasteiger partial charge >= 0.3 is 0 Å². The molecule has 0 atom stereocenters. The summed E-state index contributed by atoms with van der Waals surface area (Å²) in [6, 6.07) is 10.3. The van der Waals surface area contributed by atoms with E-state index in [9.17, 15) is 9.59 Å². The molecule has 2 rings (SSSR count). The van der Waals surface area contributed by atoms with Crippen LogP contribution in [0.5, 0.6) is 0 Å². The van der Waals surface area contributed by atoms with Crippen LogP contribution < -0.4 is 0 Å². The number of aryl methyl sites for hydroxylation is 1. The zero-order valence-corrected chi connectivity index (χ0v) is 22.0. The third-order valence-corrected chi connectivity index (χ3v) is 3.22. The molecule has 1 N–H and O–H groups in total. The third kappa shape index (κ3) is 73.5. The molecule has 0 amide bonds. The van der Waals surface area contributed by atoms with Crippen molar-refractivity contribution in [2.24, 2.45) is 0 Å². The molecule has 0 aromatic heterocycles. The molecule has 0 spiro atoms. The first-order valence-electron chi connectivity index (χ1n) is 11.8. The molecule has 4 heteroatoms. The van der Waals surface area contributed by atoms with Crippen LogP contribution in [0.3, 0.4) is 0 Å². The maximum absolute atomic E-state index is 9.81. The van der Waals surface area contributed by atoms with Crippen molar-refractivity contribution in [1.29, 1.82) is 0 Å². The van der Waals surface area contributed by atoms with Crippen molar-refractivity contribution in [3.63, 3.8) is 0 Å². The number of Topliss-reactive ketones (excluding diaryl/α,β-unsaturated/α-hetero) is 2. The molecule has 184 valence electrons. The zero-order valence-electron chi connectivity index (χ0n) is 22.0. The van der Waals surface area contributed by atoms with Crippen molar-refractivity contribution < 1.29 is 19.4 Å². The van der Waals surface area contributed by atoms with E-state index >= 15 is 0 Å². The molecule has 1 saturated heterocycles. The SMILES string of the molecule is C1CCOC1.CC(C)=O.CC(C)O.CCC(C)=O.CCCCCC.Cc1ccccc1. The molecule has 0 aliphatic carbocycles. The molecule has 0 radical (unpaired) electrons. The fraction of sp³-hybridized carbons (Fsp3) is 0.704. The molecular formula is C27H52O4. The highest BCUT2D eigenvalue weighted by atomic mass is 16.5. The van der Waals surface area contributed by atoms with Crippen molar-refractivity contribution in [2.75, 3.05) is 13.2 Å². The van der Waals surface area contributed by atoms with Gasteiger partial charge in [0.2, 0.25) is 0 Å². The van der Waals surface area contributed by atoms with Crippen LogP contribution in [0.1, 0.15) is 106 Å². The summed E-state index contributed by atoms with van der Waals surface area (Å²) in [4.78, 5) is 19.3. The first kappa shape index (κ1) is 36.8. The van der Waals surface area contributed by atoms with Gasteiger partial charge in [-0.25, -0.2) is 0 Å². The van der Waals surface area contributed by atoms with Gasteiger partial charge < -0.3 is 19.4 Å². The van der Waals surface area contributed by atoms with Crippen LogP contribution >= 0.6 is 0 Å². The molecule has 1 heterocycles. The Morgan fingerprint density at radius 2 is 1.23 bits per heavy atom. The number of ether oxygens (including phenoxy) is 1. The average molecular weight is 441 g/mol. The third-order valence-electron chi connectivity index (χ3n) is 3.22. The lowest BCUT2D eigenvalue weighted by Crippen LogP contribution is -1.85. The maximum atomic E-state index is 9.81. The lowest BCUT2D eigenvalue weighted by atomic mass is 10.2. The molecule has 1 aromatic carbocycles. The van der Waals surface area contributed by atoms with E-state index in [-0.39, 0.29) is 17.7 Å². The van der Waals surface area contributed by atoms with Crippen LogP contribution in [-0.4, -0.2) is 36.0 Å². The van der Waals surface area contributed by atoms with Crippen LogP contribution in [0.4, 0.5) is 0 Å². The molecular weight excluding hydrogens is 388 g/mol. The Kier molecular flexibility index (Phi) is 39.4. The summed E-state index contributed by atoms with van der Waals surface area (Å²) in [6.07, 6.45) is 8.59. The van der Waals surface area contributed by atoms with Gasteiger partial charge in [0.15, 0.2) is 0 Å². The number of hydrogen-bond donors (Lipinski definition) is 1. The monoisotopic (exact) mass is 440 g/mol. The number of benzene rings is 1. The van der Waals surface area contributed by atoms with Crippen LogP contribution in [0, 0.1) is 6.92 Å². The van der Waals surface area contributed by atoms with Crippen LogP contribution in [0.25, 0.3) is 0 Å². The number of hydrogen-bond acceptors (Lipinski definition) is 4. The Bertz CT molecular complexity index is 433. The topological polar surface area (TPSA) is 63.6 Å². The number of aliphatic hydroxyl groups is 1. The normalized spacial score (nSPS) is 10.8. The van der Waals surface area contributed by atoms with E-state index in [4.69, 9.17) is 9.84 Å². The lowest BCUT2D eigenvalue weighted by Gasteiger charge is -1.86. The van der Waals surface area contributed by atoms with Crippen molar-refractivity contribution in [3.8, 4) is 0 Å². The molecule has 0 bridgehead atoms. The van der Waals surface area contributed by atoms with Gasteiger partial charge in [0.25, 0.3) is 0 Å². The van der Waals surface area contributed by atoms with Crippen LogP contribution in [-0.2, 0) is 14.3 Å². The maximum Gasteiger partial charge on any atom is 0.129 e. The van der Waals surface area contributed by atoms with Crippen molar-refractivity contribution in [2.45, 2.75) is 113 Å². The molecule has 0 unspecified atom stereocenters. The largest absolute Gasteiger partial charge is 0.394 e. The molecule has 1 fully saturated rings. The smallest absolute Gasteiger partial charge is 0.129 e. The van der Waals surface area contributed by atoms with Crippen molar-refractivity contribution in [1.82, 2.24) is 0 Å². The molecule has 0 saturated carbocycles. The summed E-state index contributed by atoms with van der Waals surface area (Å²) in [5.74, 6) is 0.421. The molecule has 1 aromatic rings. The first-order chi connectivity index (χ1) is 14.5. The minimum atomic E-state index is -0.167. The summed E-state index contributed by atoms with van der Waals surface area (Å²) in [7, 11) is 0. The van der Waals surface area contributed by atoms with Gasteiger partial charge in [-0.05, 0) is 54.4 Å². The van der Waals surface area contributed by atoms with Gasteiger partial charge in [0.1, 0.15) is 11.6 Å². The van der Waals surface area contributed by atoms with E-state index < -0.39 is 0 Å². The number of carbonyl (C=O) groups is 2. The summed E-state index contributed by atoms with van der Waals surface area (Å²) >= 11 is 0. The van der Waals surface area contributed by atoms with E-state index in [2.05, 4.69) is 32.9 Å². The van der Waals surface area contributed by atoms with E-state index in [1.165, 1.54) is 57.9 Å². The molecule has 31 heavy (non-hydrogen) atoms. The average Bonchev–Trinajstić information content (AvgIpc) is 3.27. The van der Waals surface area contributed by atoms with Crippen molar-refractivity contribution in [3.05, 3.63) is 35.9 Å². The lowest BCUT2D eigenvalue weighted by molar-refractivity contribution is -0.117. The predicted molar refractivity (Wildman–Crippen MR) is 136 cm³/mol. The van der Waals surface area contributed by atoms with Gasteiger partial charge in [-0.1, -0.05) is 82.3 Å². The highest BCUT2D eigenvalue weighted by Gasteiger charge is 1.94. The Morgan fingerprint density at radius 3 is 1.35 bits per heavy atom. The van der Waals surface area contributed by atoms with Gasteiger partial charge in [0, 0.05) is 25.7 Å². The predicted octanol–water partition coefficient (Wildman–Crippen LogP) is 7.35. The Morgan fingerprint density at radius 1 is 0.903 bits per heavy atom. The number of unbranched alkanes of at least 4 members (excludes halogenated alkanes) is 3. The molecule has 1 aliphatic rings. The fourth-order valence-electron chi connectivity index (χ4n) is 1.54. The van der Waals surface area contributed by atoms with E-state index in [1.807, 2.05) is 25.1 Å². The fourth-order valence-corrected chi connectivity index (χ4v) is 1.54. The minimum Gasteiger partial charge on any atom is -0.394 e. The summed E-state index contributed by atoms with van der Waals surface area (Å²) in [6.45, 7) is 18.5. The Balaban J connectivity index is -0.000000143. The van der Waals surface area contributed by atoms with E-state index in [1.54, 1.807) is 20.8 Å². The van der Waals surface area contributed by atoms with Crippen LogP contribution in [0.2, 0.25) is 0 Å². The van der Waals surface area contributed by atoms with Gasteiger partial charge in [0.05, 0.1) is 0 Å². The van der Waals surface area contributed by atoms with Gasteiger partial charge in [-0.2, -0.15) is 0 Å². The van der Waals surface area contributed by atoms with Crippen molar-refractivity contribution >= 4 is 11.6 Å². The van der Waals surface area contributed by atoms with Crippen LogP contribution in [0.15, 0.2) is 30.3 Å². The van der Waals surface area contributed by atoms with E-state index in [0.717, 1.165) is 13.2 Å². The highest BCUT2D eigenvalue weighted by Crippen LogP contribution is 1.98. The second kappa shape index (κ2) is 33.1. The van der Waals surface area contributed by atoms with Gasteiger partial charge in [-0.15, -0.1) is 0 Å². The van der Waals surface area contributed by atoms with E-state index in [0.29, 0.717) is 6.42 Å². The van der Waals surface area contributed by atoms with Gasteiger partial charge in [-0.3, -0.25) is 0 Å². The number of rotatable bonds is 4. The quantitative estimate of drug-likeness (QED) is 0.497.